The summed E-state index contributed by atoms with van der Waals surface area (Å²) in [5.41, 5.74) is 6.27. The van der Waals surface area contributed by atoms with Crippen molar-refractivity contribution in [2.45, 2.75) is 6.54 Å². The monoisotopic (exact) mass is 386 g/mol. The number of para-hydroxylation sites is 1. The number of carbonyl (C=O) groups excluding carboxylic acids is 3. The average Bonchev–Trinajstić information content (AvgIpc) is 2.90. The van der Waals surface area contributed by atoms with Crippen molar-refractivity contribution in [1.82, 2.24) is 4.90 Å². The predicted molar refractivity (Wildman–Crippen MR) is 99.0 cm³/mol. The first kappa shape index (κ1) is 18.7. The SMILES string of the molecule is NC(=O)COc1ccccc1/C=C1\SC(=O)N(Cc2ccc(F)cc2)C1=O. The maximum Gasteiger partial charge on any atom is 0.293 e. The number of rotatable bonds is 6. The van der Waals surface area contributed by atoms with Crippen LogP contribution in [-0.2, 0) is 16.1 Å². The summed E-state index contributed by atoms with van der Waals surface area (Å²) in [4.78, 5) is 37.1. The molecule has 0 unspecified atom stereocenters. The van der Waals surface area contributed by atoms with E-state index in [0.717, 1.165) is 16.7 Å². The van der Waals surface area contributed by atoms with Crippen LogP contribution in [-0.4, -0.2) is 28.6 Å². The number of primary amides is 1. The summed E-state index contributed by atoms with van der Waals surface area (Å²) in [6, 6.07) is 12.4. The third kappa shape index (κ3) is 4.53. The summed E-state index contributed by atoms with van der Waals surface area (Å²) in [5, 5.41) is -0.411. The van der Waals surface area contributed by atoms with Crippen LogP contribution in [0.2, 0.25) is 0 Å². The van der Waals surface area contributed by atoms with E-state index in [1.54, 1.807) is 24.3 Å². The first-order chi connectivity index (χ1) is 12.9. The lowest BCUT2D eigenvalue weighted by Gasteiger charge is -2.12. The second kappa shape index (κ2) is 8.05. The number of thioether (sulfide) groups is 1. The molecule has 8 heteroatoms. The quantitative estimate of drug-likeness (QED) is 0.771. The van der Waals surface area contributed by atoms with Crippen LogP contribution >= 0.6 is 11.8 Å². The fourth-order valence-electron chi connectivity index (χ4n) is 2.43. The lowest BCUT2D eigenvalue weighted by atomic mass is 10.1. The Kier molecular flexibility index (Phi) is 5.56. The minimum atomic E-state index is -0.621. The molecule has 1 fully saturated rings. The Balaban J connectivity index is 1.80. The number of ether oxygens (including phenoxy) is 1. The number of halogens is 1. The van der Waals surface area contributed by atoms with E-state index in [1.165, 1.54) is 30.3 Å². The van der Waals surface area contributed by atoms with E-state index in [2.05, 4.69) is 0 Å². The molecule has 2 aromatic rings. The van der Waals surface area contributed by atoms with Gasteiger partial charge in [0.2, 0.25) is 0 Å². The number of imide groups is 1. The van der Waals surface area contributed by atoms with Crippen molar-refractivity contribution in [2.24, 2.45) is 5.73 Å². The van der Waals surface area contributed by atoms with Crippen molar-refractivity contribution in [3.8, 4) is 5.75 Å². The number of amides is 3. The number of benzene rings is 2. The van der Waals surface area contributed by atoms with Crippen LogP contribution in [0.5, 0.6) is 5.75 Å². The van der Waals surface area contributed by atoms with Gasteiger partial charge in [-0.05, 0) is 41.6 Å². The zero-order chi connectivity index (χ0) is 19.4. The van der Waals surface area contributed by atoms with Gasteiger partial charge in [-0.25, -0.2) is 4.39 Å². The van der Waals surface area contributed by atoms with Crippen LogP contribution < -0.4 is 10.5 Å². The lowest BCUT2D eigenvalue weighted by molar-refractivity contribution is -0.123. The first-order valence-corrected chi connectivity index (χ1v) is 8.75. The van der Waals surface area contributed by atoms with Gasteiger partial charge >= 0.3 is 0 Å². The second-order valence-corrected chi connectivity index (χ2v) is 6.68. The zero-order valence-electron chi connectivity index (χ0n) is 14.1. The molecule has 0 saturated carbocycles. The smallest absolute Gasteiger partial charge is 0.293 e. The first-order valence-electron chi connectivity index (χ1n) is 7.94. The summed E-state index contributed by atoms with van der Waals surface area (Å²) < 4.78 is 18.3. The van der Waals surface area contributed by atoms with Gasteiger partial charge in [-0.15, -0.1) is 0 Å². The molecule has 3 amide bonds. The average molecular weight is 386 g/mol. The van der Waals surface area contributed by atoms with Gasteiger partial charge in [-0.3, -0.25) is 19.3 Å². The van der Waals surface area contributed by atoms with E-state index in [4.69, 9.17) is 10.5 Å². The van der Waals surface area contributed by atoms with Crippen molar-refractivity contribution in [3.05, 3.63) is 70.4 Å². The summed E-state index contributed by atoms with van der Waals surface area (Å²) in [6.45, 7) is -0.237. The molecule has 0 aliphatic carbocycles. The van der Waals surface area contributed by atoms with Crippen LogP contribution in [0.3, 0.4) is 0 Å². The third-order valence-corrected chi connectivity index (χ3v) is 4.61. The van der Waals surface area contributed by atoms with Crippen LogP contribution in [0.15, 0.2) is 53.4 Å². The summed E-state index contributed by atoms with van der Waals surface area (Å²) in [5.74, 6) is -1.08. The molecular formula is C19H15FN2O4S. The minimum absolute atomic E-state index is 0.0576. The van der Waals surface area contributed by atoms with Gasteiger partial charge in [0.05, 0.1) is 11.4 Å². The summed E-state index contributed by atoms with van der Waals surface area (Å²) in [6.07, 6.45) is 1.53. The highest BCUT2D eigenvalue weighted by Gasteiger charge is 2.35. The van der Waals surface area contributed by atoms with E-state index in [0.29, 0.717) is 16.9 Å². The van der Waals surface area contributed by atoms with Crippen LogP contribution in [0, 0.1) is 5.82 Å². The normalized spacial score (nSPS) is 15.4. The molecule has 1 heterocycles. The van der Waals surface area contributed by atoms with E-state index >= 15 is 0 Å². The third-order valence-electron chi connectivity index (χ3n) is 3.70. The van der Waals surface area contributed by atoms with Crippen molar-refractivity contribution < 1.29 is 23.5 Å². The fraction of sp³-hybridized carbons (Fsp3) is 0.105. The number of nitrogens with two attached hydrogens (primary N) is 1. The molecule has 1 aliphatic rings. The highest BCUT2D eigenvalue weighted by Crippen LogP contribution is 2.34. The van der Waals surface area contributed by atoms with E-state index in [-0.39, 0.29) is 23.9 Å². The van der Waals surface area contributed by atoms with Crippen molar-refractivity contribution in [3.63, 3.8) is 0 Å². The standard InChI is InChI=1S/C19H15FN2O4S/c20-14-7-5-12(6-8-14)10-22-18(24)16(27-19(22)25)9-13-3-1-2-4-15(13)26-11-17(21)23/h1-9H,10-11H2,(H2,21,23)/b16-9-. The molecule has 2 aromatic carbocycles. The fourth-order valence-corrected chi connectivity index (χ4v) is 3.26. The van der Waals surface area contributed by atoms with Crippen LogP contribution in [0.25, 0.3) is 6.08 Å². The molecule has 6 nitrogen and oxygen atoms in total. The molecule has 1 aliphatic heterocycles. The molecule has 1 saturated heterocycles. The van der Waals surface area contributed by atoms with Crippen LogP contribution in [0.1, 0.15) is 11.1 Å². The molecule has 0 radical (unpaired) electrons. The Morgan fingerprint density at radius 1 is 1.15 bits per heavy atom. The van der Waals surface area contributed by atoms with Gasteiger partial charge in [0.1, 0.15) is 11.6 Å². The van der Waals surface area contributed by atoms with Crippen molar-refractivity contribution in [2.75, 3.05) is 6.61 Å². The molecule has 27 heavy (non-hydrogen) atoms. The maximum atomic E-state index is 13.0. The largest absolute Gasteiger partial charge is 0.483 e. The lowest BCUT2D eigenvalue weighted by Crippen LogP contribution is -2.27. The van der Waals surface area contributed by atoms with Gasteiger partial charge in [0, 0.05) is 5.56 Å². The van der Waals surface area contributed by atoms with Crippen molar-refractivity contribution >= 4 is 34.9 Å². The highest BCUT2D eigenvalue weighted by atomic mass is 32.2. The topological polar surface area (TPSA) is 89.7 Å². The number of hydrogen-bond acceptors (Lipinski definition) is 5. The van der Waals surface area contributed by atoms with Crippen LogP contribution in [0.4, 0.5) is 9.18 Å². The van der Waals surface area contributed by atoms with Gasteiger partial charge in [-0.2, -0.15) is 0 Å². The molecule has 0 bridgehead atoms. The predicted octanol–water partition coefficient (Wildman–Crippen LogP) is 2.93. The Hall–Kier alpha value is -3.13. The Morgan fingerprint density at radius 3 is 2.56 bits per heavy atom. The second-order valence-electron chi connectivity index (χ2n) is 5.69. The molecule has 0 aromatic heterocycles. The number of nitrogens with zero attached hydrogens (tertiary/aromatic N) is 1. The van der Waals surface area contributed by atoms with E-state index < -0.39 is 17.1 Å². The molecule has 138 valence electrons. The zero-order valence-corrected chi connectivity index (χ0v) is 14.9. The van der Waals surface area contributed by atoms with Crippen molar-refractivity contribution in [1.29, 1.82) is 0 Å². The number of hydrogen-bond donors (Lipinski definition) is 1. The molecular weight excluding hydrogens is 371 g/mol. The van der Waals surface area contributed by atoms with E-state index in [9.17, 15) is 18.8 Å². The molecule has 2 N–H and O–H groups in total. The maximum absolute atomic E-state index is 13.0. The molecule has 0 atom stereocenters. The Bertz CT molecular complexity index is 928. The Morgan fingerprint density at radius 2 is 1.85 bits per heavy atom. The molecule has 0 spiro atoms. The van der Waals surface area contributed by atoms with Gasteiger partial charge in [0.25, 0.3) is 17.1 Å². The van der Waals surface area contributed by atoms with Gasteiger partial charge < -0.3 is 10.5 Å². The van der Waals surface area contributed by atoms with Gasteiger partial charge in [0.15, 0.2) is 6.61 Å². The number of carbonyl (C=O) groups is 3. The Labute approximate surface area is 158 Å². The molecule has 3 rings (SSSR count). The van der Waals surface area contributed by atoms with Gasteiger partial charge in [-0.1, -0.05) is 30.3 Å². The summed E-state index contributed by atoms with van der Waals surface area (Å²) in [7, 11) is 0. The summed E-state index contributed by atoms with van der Waals surface area (Å²) >= 11 is 0.809. The highest BCUT2D eigenvalue weighted by molar-refractivity contribution is 8.18. The van der Waals surface area contributed by atoms with E-state index in [1.807, 2.05) is 0 Å². The minimum Gasteiger partial charge on any atom is -0.483 e.